The minimum absolute atomic E-state index is 0.186. The number of allylic oxidation sites excluding steroid dienone is 4. The smallest absolute Gasteiger partial charge is 0.268 e. The van der Waals surface area contributed by atoms with Crippen molar-refractivity contribution >= 4 is 15.9 Å². The van der Waals surface area contributed by atoms with Gasteiger partial charge in [0, 0.05) is 6.42 Å². The van der Waals surface area contributed by atoms with Gasteiger partial charge < -0.3 is 9.84 Å². The Hall–Kier alpha value is -2.12. The van der Waals surface area contributed by atoms with Gasteiger partial charge >= 0.3 is 0 Å². The van der Waals surface area contributed by atoms with E-state index in [1.807, 2.05) is 13.0 Å². The summed E-state index contributed by atoms with van der Waals surface area (Å²) in [6.45, 7) is 8.68. The van der Waals surface area contributed by atoms with Crippen molar-refractivity contribution in [1.29, 1.82) is 0 Å². The number of hydrogen-bond donors (Lipinski definition) is 2. The number of aromatic hydroxyl groups is 1. The molecule has 0 aliphatic carbocycles. The predicted molar refractivity (Wildman–Crippen MR) is 127 cm³/mol. The largest absolute Gasteiger partial charge is 0.506 e. The highest BCUT2D eigenvalue weighted by atomic mass is 32.2. The highest BCUT2D eigenvalue weighted by Gasteiger charge is 2.32. The lowest BCUT2D eigenvalue weighted by Gasteiger charge is -2.25. The SMILES string of the molecule is CCCCCc1ccc(C/C=C(\C)CCC=C(C)C)c(O)c1S(=O)(=O)NC(=O)C1CCO1. The summed E-state index contributed by atoms with van der Waals surface area (Å²) in [5.41, 5.74) is 3.50. The monoisotopic (exact) mass is 463 g/mol. The number of phenols is 1. The quantitative estimate of drug-likeness (QED) is 0.338. The van der Waals surface area contributed by atoms with E-state index in [9.17, 15) is 18.3 Å². The first-order valence-corrected chi connectivity index (χ1v) is 12.9. The van der Waals surface area contributed by atoms with Gasteiger partial charge in [-0.25, -0.2) is 13.1 Å². The van der Waals surface area contributed by atoms with E-state index in [0.29, 0.717) is 37.0 Å². The van der Waals surface area contributed by atoms with E-state index in [1.165, 1.54) is 11.1 Å². The van der Waals surface area contributed by atoms with Crippen LogP contribution in [0.25, 0.3) is 0 Å². The van der Waals surface area contributed by atoms with Crippen molar-refractivity contribution in [2.75, 3.05) is 6.61 Å². The van der Waals surface area contributed by atoms with Crippen LogP contribution in [-0.4, -0.2) is 32.1 Å². The fourth-order valence-electron chi connectivity index (χ4n) is 3.55. The van der Waals surface area contributed by atoms with Gasteiger partial charge in [-0.2, -0.15) is 0 Å². The molecule has 1 fully saturated rings. The molecule has 178 valence electrons. The summed E-state index contributed by atoms with van der Waals surface area (Å²) in [4.78, 5) is 12.0. The summed E-state index contributed by atoms with van der Waals surface area (Å²) in [5.74, 6) is -0.960. The van der Waals surface area contributed by atoms with Crippen molar-refractivity contribution < 1.29 is 23.1 Å². The average molecular weight is 464 g/mol. The van der Waals surface area contributed by atoms with Crippen LogP contribution in [-0.2, 0) is 32.4 Å². The van der Waals surface area contributed by atoms with Crippen molar-refractivity contribution in [3.8, 4) is 5.75 Å². The molecule has 7 heteroatoms. The van der Waals surface area contributed by atoms with E-state index >= 15 is 0 Å². The third-order valence-electron chi connectivity index (χ3n) is 5.60. The van der Waals surface area contributed by atoms with Gasteiger partial charge in [0.2, 0.25) is 0 Å². The molecule has 32 heavy (non-hydrogen) atoms. The second-order valence-electron chi connectivity index (χ2n) is 8.71. The lowest BCUT2D eigenvalue weighted by Crippen LogP contribution is -2.45. The zero-order valence-electron chi connectivity index (χ0n) is 19.7. The molecule has 1 aromatic carbocycles. The first-order chi connectivity index (χ1) is 15.2. The molecule has 1 aromatic rings. The number of rotatable bonds is 12. The highest BCUT2D eigenvalue weighted by Crippen LogP contribution is 2.33. The first kappa shape index (κ1) is 26.1. The zero-order chi connectivity index (χ0) is 23.7. The number of amides is 1. The van der Waals surface area contributed by atoms with Crippen LogP contribution >= 0.6 is 0 Å². The summed E-state index contributed by atoms with van der Waals surface area (Å²) in [5, 5.41) is 10.9. The van der Waals surface area contributed by atoms with E-state index in [1.54, 1.807) is 12.1 Å². The van der Waals surface area contributed by atoms with Gasteiger partial charge in [-0.1, -0.05) is 55.2 Å². The fraction of sp³-hybridized carbons (Fsp3) is 0.560. The number of ether oxygens (including phenoxy) is 1. The molecule has 1 atom stereocenters. The van der Waals surface area contributed by atoms with E-state index in [2.05, 4.69) is 31.6 Å². The maximum absolute atomic E-state index is 13.1. The molecule has 1 amide bonds. The molecule has 0 spiro atoms. The molecule has 1 heterocycles. The van der Waals surface area contributed by atoms with Crippen molar-refractivity contribution in [2.24, 2.45) is 0 Å². The molecule has 1 unspecified atom stereocenters. The number of unbranched alkanes of at least 4 members (excludes halogenated alkanes) is 2. The maximum Gasteiger partial charge on any atom is 0.268 e. The van der Waals surface area contributed by atoms with Gasteiger partial charge in [-0.15, -0.1) is 0 Å². The van der Waals surface area contributed by atoms with Crippen molar-refractivity contribution in [1.82, 2.24) is 4.72 Å². The summed E-state index contributed by atoms with van der Waals surface area (Å²) in [7, 11) is -4.22. The Morgan fingerprint density at radius 2 is 1.88 bits per heavy atom. The summed E-state index contributed by atoms with van der Waals surface area (Å²) >= 11 is 0. The molecule has 0 saturated carbocycles. The third-order valence-corrected chi connectivity index (χ3v) is 7.07. The summed E-state index contributed by atoms with van der Waals surface area (Å²) in [6.07, 6.45) is 9.50. The van der Waals surface area contributed by atoms with E-state index in [-0.39, 0.29) is 10.6 Å². The van der Waals surface area contributed by atoms with Gasteiger partial charge in [0.1, 0.15) is 16.7 Å². The van der Waals surface area contributed by atoms with E-state index < -0.39 is 22.0 Å². The molecule has 0 radical (unpaired) electrons. The number of benzene rings is 1. The van der Waals surface area contributed by atoms with Gasteiger partial charge in [-0.3, -0.25) is 4.79 Å². The topological polar surface area (TPSA) is 92.7 Å². The Balaban J connectivity index is 2.29. The summed E-state index contributed by atoms with van der Waals surface area (Å²) < 4.78 is 33.4. The minimum Gasteiger partial charge on any atom is -0.506 e. The van der Waals surface area contributed by atoms with Crippen LogP contribution in [0.4, 0.5) is 0 Å². The third kappa shape index (κ3) is 7.48. The molecule has 0 aromatic heterocycles. The van der Waals surface area contributed by atoms with E-state index in [0.717, 1.165) is 32.1 Å². The van der Waals surface area contributed by atoms with Crippen molar-refractivity contribution in [2.45, 2.75) is 90.1 Å². The normalized spacial score (nSPS) is 16.4. The molecule has 6 nitrogen and oxygen atoms in total. The molecule has 1 saturated heterocycles. The average Bonchev–Trinajstić information content (AvgIpc) is 2.65. The molecular formula is C25H37NO5S. The molecule has 1 aliphatic heterocycles. The molecule has 1 aliphatic rings. The molecule has 0 bridgehead atoms. The number of phenolic OH excluding ortho intramolecular Hbond substituents is 1. The Morgan fingerprint density at radius 3 is 2.47 bits per heavy atom. The lowest BCUT2D eigenvalue weighted by atomic mass is 10.0. The summed E-state index contributed by atoms with van der Waals surface area (Å²) in [6, 6.07) is 3.54. The Morgan fingerprint density at radius 1 is 1.19 bits per heavy atom. The Bertz CT molecular complexity index is 955. The standard InChI is InChI=1S/C25H37NO5S/c1-5-6-7-11-21-15-14-20(13-12-19(4)10-8-9-18(2)3)23(27)24(21)32(29,30)26-25(28)22-16-17-31-22/h9,12,14-15,22,27H,5-8,10-11,13,16-17H2,1-4H3,(H,26,28)/b19-12+. The number of carbonyl (C=O) groups is 1. The van der Waals surface area contributed by atoms with Gasteiger partial charge in [0.05, 0.1) is 6.61 Å². The van der Waals surface area contributed by atoms with E-state index in [4.69, 9.17) is 4.74 Å². The fourth-order valence-corrected chi connectivity index (χ4v) is 4.95. The molecular weight excluding hydrogens is 426 g/mol. The van der Waals surface area contributed by atoms with Crippen LogP contribution < -0.4 is 4.72 Å². The minimum atomic E-state index is -4.22. The molecule has 2 rings (SSSR count). The van der Waals surface area contributed by atoms with Gasteiger partial charge in [0.15, 0.2) is 0 Å². The number of sulfonamides is 1. The maximum atomic E-state index is 13.1. The van der Waals surface area contributed by atoms with Crippen LogP contribution in [0.5, 0.6) is 5.75 Å². The van der Waals surface area contributed by atoms with Crippen LogP contribution in [0, 0.1) is 0 Å². The van der Waals surface area contributed by atoms with Crippen LogP contribution in [0.3, 0.4) is 0 Å². The number of aryl methyl sites for hydroxylation is 1. The predicted octanol–water partition coefficient (Wildman–Crippen LogP) is 4.95. The van der Waals surface area contributed by atoms with Crippen molar-refractivity contribution in [3.63, 3.8) is 0 Å². The van der Waals surface area contributed by atoms with Gasteiger partial charge in [0.25, 0.3) is 15.9 Å². The number of nitrogens with one attached hydrogen (secondary N) is 1. The number of hydrogen-bond acceptors (Lipinski definition) is 5. The first-order valence-electron chi connectivity index (χ1n) is 11.5. The van der Waals surface area contributed by atoms with Crippen LogP contribution in [0.2, 0.25) is 0 Å². The van der Waals surface area contributed by atoms with Gasteiger partial charge in [-0.05, 0) is 64.0 Å². The van der Waals surface area contributed by atoms with Crippen molar-refractivity contribution in [3.05, 3.63) is 46.6 Å². The number of carbonyl (C=O) groups excluding carboxylic acids is 1. The highest BCUT2D eigenvalue weighted by molar-refractivity contribution is 7.90. The zero-order valence-corrected chi connectivity index (χ0v) is 20.6. The Labute approximate surface area is 192 Å². The second kappa shape index (κ2) is 12.2. The second-order valence-corrected chi connectivity index (χ2v) is 10.3. The lowest BCUT2D eigenvalue weighted by molar-refractivity contribution is -0.142. The van der Waals surface area contributed by atoms with Crippen LogP contribution in [0.15, 0.2) is 40.3 Å². The molecule has 2 N–H and O–H groups in total. The Kier molecular flexibility index (Phi) is 9.97. The van der Waals surface area contributed by atoms with Crippen LogP contribution in [0.1, 0.15) is 77.3 Å².